The monoisotopic (exact) mass is 510 g/mol. The fourth-order valence-electron chi connectivity index (χ4n) is 2.91. The maximum absolute atomic E-state index is 12.9. The number of nitrogens with two attached hydrogens (primary N) is 2. The molecule has 0 saturated heterocycles. The zero-order chi connectivity index (χ0) is 22.1. The number of likely N-dealkylation sites (N-methyl/N-ethyl adjacent to an activating group) is 1. The van der Waals surface area contributed by atoms with Crippen LogP contribution in [0.5, 0.6) is 0 Å². The van der Waals surface area contributed by atoms with Crippen molar-refractivity contribution in [3.05, 3.63) is 64.7 Å². The van der Waals surface area contributed by atoms with Crippen LogP contribution in [-0.4, -0.2) is 43.8 Å². The Morgan fingerprint density at radius 3 is 2.42 bits per heavy atom. The van der Waals surface area contributed by atoms with Crippen molar-refractivity contribution in [1.29, 1.82) is 0 Å². The lowest BCUT2D eigenvalue weighted by molar-refractivity contribution is -0.125. The molecule has 0 aliphatic rings. The minimum Gasteiger partial charge on any atom is -0.346 e. The largest absolute Gasteiger partial charge is 0.346 e. The van der Waals surface area contributed by atoms with Gasteiger partial charge in [-0.3, -0.25) is 14.4 Å². The van der Waals surface area contributed by atoms with E-state index in [9.17, 15) is 14.4 Å². The van der Waals surface area contributed by atoms with E-state index in [1.165, 1.54) is 11.0 Å². The molecule has 2 amide bonds. The molecule has 31 heavy (non-hydrogen) atoms. The molecule has 2 aromatic carbocycles. The summed E-state index contributed by atoms with van der Waals surface area (Å²) in [5.41, 5.74) is 12.5. The second-order valence-electron chi connectivity index (χ2n) is 6.92. The lowest BCUT2D eigenvalue weighted by Crippen LogP contribution is -2.45. The number of ketones is 1. The maximum Gasteiger partial charge on any atom is 0.246 e. The van der Waals surface area contributed by atoms with E-state index >= 15 is 0 Å². The van der Waals surface area contributed by atoms with Crippen LogP contribution in [0.1, 0.15) is 35.2 Å². The van der Waals surface area contributed by atoms with Crippen LogP contribution < -0.4 is 21.7 Å². The minimum absolute atomic E-state index is 0. The third-order valence-electron chi connectivity index (χ3n) is 4.69. The summed E-state index contributed by atoms with van der Waals surface area (Å²) in [6, 6.07) is 12.8. The number of carbonyl (C=O) groups excluding carboxylic acids is 3. The first kappa shape index (κ1) is 26.8. The van der Waals surface area contributed by atoms with Crippen LogP contribution in [0, 0.1) is 0 Å². The first-order chi connectivity index (χ1) is 14.3. The molecular weight excluding hydrogens is 484 g/mol. The van der Waals surface area contributed by atoms with Gasteiger partial charge in [-0.1, -0.05) is 48.4 Å². The lowest BCUT2D eigenvalue weighted by atomic mass is 10.0. The molecule has 7 nitrogen and oxygen atoms in total. The molecule has 0 unspecified atom stereocenters. The summed E-state index contributed by atoms with van der Waals surface area (Å²) in [6.45, 7) is 0.310. The van der Waals surface area contributed by atoms with Gasteiger partial charge in [-0.05, 0) is 37.6 Å². The summed E-state index contributed by atoms with van der Waals surface area (Å²) >= 11 is 6.09. The molecule has 168 valence electrons. The number of hydrogen-bond acceptors (Lipinski definition) is 5. The lowest BCUT2D eigenvalue weighted by Gasteiger charge is -2.21. The summed E-state index contributed by atoms with van der Waals surface area (Å²) < 4.78 is 0. The Bertz CT molecular complexity index is 896. The van der Waals surface area contributed by atoms with Gasteiger partial charge in [0.25, 0.3) is 0 Å². The Morgan fingerprint density at radius 2 is 1.77 bits per heavy atom. The van der Waals surface area contributed by atoms with Gasteiger partial charge in [-0.15, -0.1) is 17.0 Å². The molecule has 2 aromatic rings. The van der Waals surface area contributed by atoms with Gasteiger partial charge in [0.1, 0.15) is 0 Å². The topological polar surface area (TPSA) is 119 Å². The van der Waals surface area contributed by atoms with E-state index in [4.69, 9.17) is 23.1 Å². The standard InChI is InChI=1S/C22H27ClN4O3.BrH/c1-27(20(28)14-26-22(30)18(25)9-5-6-12-24)19-11-10-16(23)13-17(19)21(29)15-7-3-2-4-8-15;/h2-4,7-8,10-11,13,18H,5-6,9,12,14,24-25H2,1H3,(H,26,30);1H/t18-;/m0./s1. The average molecular weight is 512 g/mol. The van der Waals surface area contributed by atoms with Crippen LogP contribution in [0.25, 0.3) is 0 Å². The fourth-order valence-corrected chi connectivity index (χ4v) is 3.09. The van der Waals surface area contributed by atoms with Gasteiger partial charge >= 0.3 is 0 Å². The van der Waals surface area contributed by atoms with E-state index < -0.39 is 11.9 Å². The van der Waals surface area contributed by atoms with Gasteiger partial charge in [0.05, 0.1) is 18.3 Å². The number of hydrogen-bond donors (Lipinski definition) is 3. The molecule has 0 radical (unpaired) electrons. The zero-order valence-corrected chi connectivity index (χ0v) is 19.8. The van der Waals surface area contributed by atoms with E-state index in [2.05, 4.69) is 5.32 Å². The normalized spacial score (nSPS) is 11.2. The summed E-state index contributed by atoms with van der Waals surface area (Å²) in [7, 11) is 1.54. The summed E-state index contributed by atoms with van der Waals surface area (Å²) in [5, 5.41) is 2.94. The van der Waals surface area contributed by atoms with Crippen LogP contribution in [0.3, 0.4) is 0 Å². The number of anilines is 1. The van der Waals surface area contributed by atoms with E-state index in [1.807, 2.05) is 6.07 Å². The van der Waals surface area contributed by atoms with Crippen molar-refractivity contribution in [2.75, 3.05) is 25.0 Å². The van der Waals surface area contributed by atoms with E-state index in [0.29, 0.717) is 34.8 Å². The van der Waals surface area contributed by atoms with Gasteiger partial charge in [-0.25, -0.2) is 0 Å². The van der Waals surface area contributed by atoms with Crippen molar-refractivity contribution in [2.45, 2.75) is 25.3 Å². The molecule has 9 heteroatoms. The minimum atomic E-state index is -0.694. The SMILES string of the molecule is Br.CN(C(=O)CNC(=O)[C@@H](N)CCCCN)c1ccc(Cl)cc1C(=O)c1ccccc1. The Balaban J connectivity index is 0.00000480. The number of nitrogens with one attached hydrogen (secondary N) is 1. The van der Waals surface area contributed by atoms with Gasteiger partial charge in [-0.2, -0.15) is 0 Å². The molecule has 0 aliphatic carbocycles. The van der Waals surface area contributed by atoms with E-state index in [0.717, 1.165) is 12.8 Å². The molecule has 0 aromatic heterocycles. The highest BCUT2D eigenvalue weighted by Crippen LogP contribution is 2.26. The second-order valence-corrected chi connectivity index (χ2v) is 7.35. The Morgan fingerprint density at radius 1 is 1.10 bits per heavy atom. The number of halogens is 2. The average Bonchev–Trinajstić information content (AvgIpc) is 2.76. The third-order valence-corrected chi connectivity index (χ3v) is 4.93. The fraction of sp³-hybridized carbons (Fsp3) is 0.318. The van der Waals surface area contributed by atoms with Crippen molar-refractivity contribution in [3.8, 4) is 0 Å². The molecule has 0 spiro atoms. The van der Waals surface area contributed by atoms with Crippen LogP contribution in [-0.2, 0) is 9.59 Å². The summed E-state index contributed by atoms with van der Waals surface area (Å²) in [4.78, 5) is 39.0. The van der Waals surface area contributed by atoms with Crippen LogP contribution in [0.2, 0.25) is 5.02 Å². The van der Waals surface area contributed by atoms with Crippen LogP contribution >= 0.6 is 28.6 Å². The van der Waals surface area contributed by atoms with E-state index in [1.54, 1.807) is 43.4 Å². The van der Waals surface area contributed by atoms with Crippen molar-refractivity contribution < 1.29 is 14.4 Å². The molecule has 0 heterocycles. The number of carbonyl (C=O) groups is 3. The number of rotatable bonds is 10. The molecule has 1 atom stereocenters. The zero-order valence-electron chi connectivity index (χ0n) is 17.3. The first-order valence-electron chi connectivity index (χ1n) is 9.74. The Labute approximate surface area is 197 Å². The molecule has 5 N–H and O–H groups in total. The summed E-state index contributed by atoms with van der Waals surface area (Å²) in [6.07, 6.45) is 2.03. The molecule has 2 rings (SSSR count). The van der Waals surface area contributed by atoms with Crippen molar-refractivity contribution in [1.82, 2.24) is 5.32 Å². The molecule has 0 bridgehead atoms. The molecule has 0 fully saturated rings. The van der Waals surface area contributed by atoms with Gasteiger partial charge in [0.2, 0.25) is 11.8 Å². The van der Waals surface area contributed by atoms with Gasteiger partial charge < -0.3 is 21.7 Å². The van der Waals surface area contributed by atoms with Crippen molar-refractivity contribution in [2.24, 2.45) is 11.5 Å². The number of benzene rings is 2. The van der Waals surface area contributed by atoms with Crippen molar-refractivity contribution in [3.63, 3.8) is 0 Å². The molecule has 0 saturated carbocycles. The number of nitrogens with zero attached hydrogens (tertiary/aromatic N) is 1. The van der Waals surface area contributed by atoms with E-state index in [-0.39, 0.29) is 35.2 Å². The maximum atomic E-state index is 12.9. The van der Waals surface area contributed by atoms with Crippen molar-refractivity contribution >= 4 is 51.9 Å². The highest BCUT2D eigenvalue weighted by atomic mass is 79.9. The van der Waals surface area contributed by atoms with Crippen LogP contribution in [0.15, 0.2) is 48.5 Å². The Kier molecular flexibility index (Phi) is 11.4. The molecule has 0 aliphatic heterocycles. The third kappa shape index (κ3) is 7.74. The summed E-state index contributed by atoms with van der Waals surface area (Å²) in [5.74, 6) is -1.04. The predicted molar refractivity (Wildman–Crippen MR) is 129 cm³/mol. The predicted octanol–water partition coefficient (Wildman–Crippen LogP) is 2.68. The second kappa shape index (κ2) is 13.2. The smallest absolute Gasteiger partial charge is 0.246 e. The molecular formula is C22H28BrClN4O3. The first-order valence-corrected chi connectivity index (χ1v) is 10.1. The van der Waals surface area contributed by atoms with Gasteiger partial charge in [0, 0.05) is 23.2 Å². The highest BCUT2D eigenvalue weighted by Gasteiger charge is 2.21. The van der Waals surface area contributed by atoms with Gasteiger partial charge in [0.15, 0.2) is 5.78 Å². The quantitative estimate of drug-likeness (QED) is 0.335. The Hall–Kier alpha value is -2.26. The highest BCUT2D eigenvalue weighted by molar-refractivity contribution is 8.93. The van der Waals surface area contributed by atoms with Crippen LogP contribution in [0.4, 0.5) is 5.69 Å². The number of unbranched alkanes of at least 4 members (excludes halogenated alkanes) is 1. The number of amides is 2.